The maximum atomic E-state index is 12.3. The average Bonchev–Trinajstić information content (AvgIpc) is 3.17. The standard InChI is InChI=1S/C17H18N4O4/c1-25-16(22)15-14-12(13-10-19(15)17(23)21(13)24)9-18-20(14)8-7-11-5-3-2-4-6-11/h2-6,9,13,15,24H,7-8,10H2,1H3/t13-,15+/m1/s1. The molecule has 1 N–H and O–H groups in total. The quantitative estimate of drug-likeness (QED) is 0.672. The monoisotopic (exact) mass is 342 g/mol. The number of nitrogens with zero attached hydrogens (tertiary/aromatic N) is 4. The molecule has 0 unspecified atom stereocenters. The molecule has 1 aromatic carbocycles. The van der Waals surface area contributed by atoms with Gasteiger partial charge in [0.25, 0.3) is 0 Å². The fourth-order valence-corrected chi connectivity index (χ4v) is 3.57. The summed E-state index contributed by atoms with van der Waals surface area (Å²) < 4.78 is 6.63. The molecular weight excluding hydrogens is 324 g/mol. The first kappa shape index (κ1) is 15.6. The van der Waals surface area contributed by atoms with Crippen LogP contribution in [-0.4, -0.2) is 50.6 Å². The maximum absolute atomic E-state index is 12.3. The summed E-state index contributed by atoms with van der Waals surface area (Å²) in [4.78, 5) is 25.9. The number of rotatable bonds is 4. The number of urea groups is 1. The molecule has 2 atom stereocenters. The Bertz CT molecular complexity index is 819. The number of hydrogen-bond donors (Lipinski definition) is 1. The number of ether oxygens (including phenoxy) is 1. The molecule has 3 heterocycles. The lowest BCUT2D eigenvalue weighted by Gasteiger charge is -2.29. The van der Waals surface area contributed by atoms with Crippen LogP contribution in [0.5, 0.6) is 0 Å². The number of carbonyl (C=O) groups excluding carboxylic acids is 2. The zero-order valence-electron chi connectivity index (χ0n) is 13.7. The second kappa shape index (κ2) is 5.89. The first-order valence-electron chi connectivity index (χ1n) is 8.08. The van der Waals surface area contributed by atoms with Crippen molar-refractivity contribution in [1.29, 1.82) is 0 Å². The van der Waals surface area contributed by atoms with Gasteiger partial charge in [-0.2, -0.15) is 10.2 Å². The first-order valence-corrected chi connectivity index (χ1v) is 8.08. The molecule has 2 amide bonds. The third-order valence-electron chi connectivity index (χ3n) is 4.83. The molecule has 8 nitrogen and oxygen atoms in total. The molecular formula is C17H18N4O4. The number of methoxy groups -OCH3 is 1. The predicted molar refractivity (Wildman–Crippen MR) is 85.6 cm³/mol. The summed E-state index contributed by atoms with van der Waals surface area (Å²) in [5.41, 5.74) is 2.46. The van der Waals surface area contributed by atoms with Crippen LogP contribution in [0.15, 0.2) is 36.5 Å². The normalized spacial score (nSPS) is 21.4. The summed E-state index contributed by atoms with van der Waals surface area (Å²) in [6.07, 6.45) is 2.37. The van der Waals surface area contributed by atoms with Crippen LogP contribution in [0.1, 0.15) is 28.9 Å². The molecule has 1 aromatic heterocycles. The zero-order chi connectivity index (χ0) is 17.6. The minimum Gasteiger partial charge on any atom is -0.467 e. The highest BCUT2D eigenvalue weighted by molar-refractivity contribution is 5.87. The van der Waals surface area contributed by atoms with Crippen LogP contribution in [0.25, 0.3) is 0 Å². The SMILES string of the molecule is COC(=O)[C@@H]1c2c(cnn2CCc2ccccc2)[C@H]2CN1C(=O)N2O. The van der Waals surface area contributed by atoms with Crippen LogP contribution in [0, 0.1) is 0 Å². The van der Waals surface area contributed by atoms with Crippen molar-refractivity contribution >= 4 is 12.0 Å². The van der Waals surface area contributed by atoms with Crippen LogP contribution >= 0.6 is 0 Å². The molecule has 2 bridgehead atoms. The molecule has 8 heteroatoms. The lowest BCUT2D eigenvalue weighted by atomic mass is 9.98. The van der Waals surface area contributed by atoms with Gasteiger partial charge in [0.1, 0.15) is 6.04 Å². The van der Waals surface area contributed by atoms with E-state index in [9.17, 15) is 14.8 Å². The van der Waals surface area contributed by atoms with Crippen LogP contribution in [0.4, 0.5) is 4.79 Å². The Labute approximate surface area is 144 Å². The Morgan fingerprint density at radius 1 is 1.36 bits per heavy atom. The van der Waals surface area contributed by atoms with Gasteiger partial charge in [0.05, 0.1) is 25.5 Å². The second-order valence-corrected chi connectivity index (χ2v) is 6.16. The van der Waals surface area contributed by atoms with E-state index in [0.717, 1.165) is 12.0 Å². The van der Waals surface area contributed by atoms with E-state index in [1.54, 1.807) is 10.9 Å². The van der Waals surface area contributed by atoms with Crippen LogP contribution in [0.2, 0.25) is 0 Å². The summed E-state index contributed by atoms with van der Waals surface area (Å²) in [6.45, 7) is 0.805. The minimum absolute atomic E-state index is 0.243. The van der Waals surface area contributed by atoms with Crippen molar-refractivity contribution < 1.29 is 19.5 Å². The first-order chi connectivity index (χ1) is 12.1. The van der Waals surface area contributed by atoms with Gasteiger partial charge < -0.3 is 9.64 Å². The smallest absolute Gasteiger partial charge is 0.345 e. The molecule has 1 fully saturated rings. The summed E-state index contributed by atoms with van der Waals surface area (Å²) >= 11 is 0. The number of benzene rings is 1. The van der Waals surface area contributed by atoms with E-state index in [1.807, 2.05) is 30.3 Å². The largest absolute Gasteiger partial charge is 0.467 e. The number of aromatic nitrogens is 2. The van der Waals surface area contributed by atoms with Crippen molar-refractivity contribution in [3.8, 4) is 0 Å². The number of hydroxylamine groups is 2. The third-order valence-corrected chi connectivity index (χ3v) is 4.83. The fraction of sp³-hybridized carbons (Fsp3) is 0.353. The lowest BCUT2D eigenvalue weighted by Crippen LogP contribution is -2.40. The van der Waals surface area contributed by atoms with Crippen molar-refractivity contribution in [2.24, 2.45) is 0 Å². The summed E-state index contributed by atoms with van der Waals surface area (Å²) in [5.74, 6) is -0.537. The van der Waals surface area contributed by atoms with Gasteiger partial charge in [-0.1, -0.05) is 30.3 Å². The molecule has 25 heavy (non-hydrogen) atoms. The van der Waals surface area contributed by atoms with Crippen molar-refractivity contribution in [3.63, 3.8) is 0 Å². The Hall–Kier alpha value is -2.87. The molecule has 0 spiro atoms. The Morgan fingerprint density at radius 2 is 2.12 bits per heavy atom. The van der Waals surface area contributed by atoms with Gasteiger partial charge in [0.15, 0.2) is 6.04 Å². The maximum Gasteiger partial charge on any atom is 0.345 e. The van der Waals surface area contributed by atoms with E-state index in [0.29, 0.717) is 22.9 Å². The molecule has 1 saturated heterocycles. The molecule has 0 saturated carbocycles. The Kier molecular flexibility index (Phi) is 3.69. The molecule has 2 aliphatic heterocycles. The second-order valence-electron chi connectivity index (χ2n) is 6.16. The number of aryl methyl sites for hydroxylation is 2. The Balaban J connectivity index is 1.70. The van der Waals surface area contributed by atoms with E-state index in [4.69, 9.17) is 4.74 Å². The van der Waals surface area contributed by atoms with Gasteiger partial charge in [-0.05, 0) is 12.0 Å². The van der Waals surface area contributed by atoms with Gasteiger partial charge >= 0.3 is 12.0 Å². The fourth-order valence-electron chi connectivity index (χ4n) is 3.57. The van der Waals surface area contributed by atoms with Crippen molar-refractivity contribution in [2.45, 2.75) is 25.0 Å². The number of carbonyl (C=O) groups is 2. The van der Waals surface area contributed by atoms with E-state index in [2.05, 4.69) is 5.10 Å². The minimum atomic E-state index is -0.890. The molecule has 130 valence electrons. The lowest BCUT2D eigenvalue weighted by molar-refractivity contribution is -0.146. The zero-order valence-corrected chi connectivity index (χ0v) is 13.7. The van der Waals surface area contributed by atoms with E-state index in [1.165, 1.54) is 12.0 Å². The van der Waals surface area contributed by atoms with Crippen LogP contribution < -0.4 is 0 Å². The molecule has 0 radical (unpaired) electrons. The highest BCUT2D eigenvalue weighted by atomic mass is 16.5. The summed E-state index contributed by atoms with van der Waals surface area (Å²) in [5, 5.41) is 15.1. The van der Waals surface area contributed by atoms with Gasteiger partial charge in [0.2, 0.25) is 0 Å². The highest BCUT2D eigenvalue weighted by Gasteiger charge is 2.52. The van der Waals surface area contributed by atoms with Crippen LogP contribution in [-0.2, 0) is 22.5 Å². The van der Waals surface area contributed by atoms with Gasteiger partial charge in [-0.3, -0.25) is 9.89 Å². The van der Waals surface area contributed by atoms with Crippen molar-refractivity contribution in [2.75, 3.05) is 13.7 Å². The van der Waals surface area contributed by atoms with Crippen molar-refractivity contribution in [3.05, 3.63) is 53.3 Å². The van der Waals surface area contributed by atoms with E-state index in [-0.39, 0.29) is 6.54 Å². The number of fused-ring (bicyclic) bond motifs is 4. The van der Waals surface area contributed by atoms with E-state index >= 15 is 0 Å². The number of amides is 2. The third kappa shape index (κ3) is 2.37. The van der Waals surface area contributed by atoms with Gasteiger partial charge in [-0.15, -0.1) is 0 Å². The molecule has 0 aliphatic carbocycles. The topological polar surface area (TPSA) is 87.9 Å². The Morgan fingerprint density at radius 3 is 2.84 bits per heavy atom. The summed E-state index contributed by atoms with van der Waals surface area (Å²) in [7, 11) is 1.29. The van der Waals surface area contributed by atoms with E-state index < -0.39 is 24.1 Å². The molecule has 2 aliphatic rings. The van der Waals surface area contributed by atoms with Crippen molar-refractivity contribution in [1.82, 2.24) is 19.7 Å². The highest BCUT2D eigenvalue weighted by Crippen LogP contribution is 2.43. The van der Waals surface area contributed by atoms with Gasteiger partial charge in [0, 0.05) is 12.1 Å². The van der Waals surface area contributed by atoms with Crippen LogP contribution in [0.3, 0.4) is 0 Å². The number of esters is 1. The van der Waals surface area contributed by atoms with Gasteiger partial charge in [-0.25, -0.2) is 9.59 Å². The number of hydrogen-bond acceptors (Lipinski definition) is 5. The molecule has 4 rings (SSSR count). The summed E-state index contributed by atoms with van der Waals surface area (Å²) in [6, 6.07) is 7.97. The predicted octanol–water partition coefficient (Wildman–Crippen LogP) is 1.52. The molecule has 2 aromatic rings. The average molecular weight is 342 g/mol.